The third-order valence-electron chi connectivity index (χ3n) is 4.29. The molecule has 0 aliphatic carbocycles. The van der Waals surface area contributed by atoms with Gasteiger partial charge in [0.1, 0.15) is 6.54 Å². The van der Waals surface area contributed by atoms with E-state index in [1.165, 1.54) is 0 Å². The first-order valence-electron chi connectivity index (χ1n) is 8.85. The summed E-state index contributed by atoms with van der Waals surface area (Å²) < 4.78 is 53.9. The Hall–Kier alpha value is -2.79. The van der Waals surface area contributed by atoms with Crippen LogP contribution in [0.25, 0.3) is 10.2 Å². The summed E-state index contributed by atoms with van der Waals surface area (Å²) in [5.74, 6) is -3.03. The van der Waals surface area contributed by atoms with Crippen molar-refractivity contribution in [2.75, 3.05) is 22.4 Å². The second-order valence-corrected chi connectivity index (χ2v) is 9.83. The van der Waals surface area contributed by atoms with Crippen LogP contribution in [0.15, 0.2) is 41.2 Å². The standard InChI is InChI=1S/C19H19F2N3O4S2/c1-11(2)24-16-7-4-12(8-17(16)29-19(24)26)22-18(25)10-23(30(3,27)28)13-5-6-14(20)15(21)9-13/h4-9,11H,10H2,1-3H3,(H,22,25). The van der Waals surface area contributed by atoms with Crippen LogP contribution in [0.3, 0.4) is 0 Å². The molecule has 0 fully saturated rings. The number of thiazole rings is 1. The molecule has 3 aromatic rings. The van der Waals surface area contributed by atoms with Gasteiger partial charge in [0.2, 0.25) is 15.9 Å². The van der Waals surface area contributed by atoms with Gasteiger partial charge in [-0.25, -0.2) is 17.2 Å². The molecule has 3 rings (SSSR count). The first-order valence-corrected chi connectivity index (χ1v) is 11.5. The molecule has 0 bridgehead atoms. The van der Waals surface area contributed by atoms with Gasteiger partial charge in [0.25, 0.3) is 0 Å². The fourth-order valence-electron chi connectivity index (χ4n) is 2.97. The molecule has 0 radical (unpaired) electrons. The van der Waals surface area contributed by atoms with E-state index in [2.05, 4.69) is 5.32 Å². The number of carbonyl (C=O) groups is 1. The molecule has 1 aromatic heterocycles. The maximum atomic E-state index is 13.5. The van der Waals surface area contributed by atoms with Crippen LogP contribution in [0, 0.1) is 11.6 Å². The molecule has 0 atom stereocenters. The predicted octanol–water partition coefficient (Wildman–Crippen LogP) is 3.33. The number of nitrogens with one attached hydrogen (secondary N) is 1. The number of benzene rings is 2. The third-order valence-corrected chi connectivity index (χ3v) is 6.35. The van der Waals surface area contributed by atoms with E-state index in [9.17, 15) is 26.8 Å². The zero-order chi connectivity index (χ0) is 22.2. The molecule has 1 heterocycles. The number of fused-ring (bicyclic) bond motifs is 1. The summed E-state index contributed by atoms with van der Waals surface area (Å²) in [5, 5.41) is 2.57. The molecule has 0 aliphatic heterocycles. The van der Waals surface area contributed by atoms with Gasteiger partial charge in [0.05, 0.1) is 22.2 Å². The van der Waals surface area contributed by atoms with Gasteiger partial charge in [-0.3, -0.25) is 18.5 Å². The number of rotatable bonds is 6. The molecule has 160 valence electrons. The fraction of sp³-hybridized carbons (Fsp3) is 0.263. The van der Waals surface area contributed by atoms with Crippen molar-refractivity contribution in [3.05, 3.63) is 57.7 Å². The molecule has 7 nitrogen and oxygen atoms in total. The van der Waals surface area contributed by atoms with Crippen molar-refractivity contribution in [3.63, 3.8) is 0 Å². The highest BCUT2D eigenvalue weighted by Crippen LogP contribution is 2.25. The van der Waals surface area contributed by atoms with Gasteiger partial charge < -0.3 is 5.32 Å². The first kappa shape index (κ1) is 21.9. The van der Waals surface area contributed by atoms with E-state index in [1.807, 2.05) is 13.8 Å². The molecule has 11 heteroatoms. The summed E-state index contributed by atoms with van der Waals surface area (Å²) >= 11 is 1.04. The molecule has 0 aliphatic rings. The number of nitrogens with zero attached hydrogens (tertiary/aromatic N) is 2. The van der Waals surface area contributed by atoms with Crippen LogP contribution in [0.5, 0.6) is 0 Å². The number of sulfonamides is 1. The van der Waals surface area contributed by atoms with Crippen molar-refractivity contribution in [3.8, 4) is 0 Å². The minimum Gasteiger partial charge on any atom is -0.324 e. The lowest BCUT2D eigenvalue weighted by Gasteiger charge is -2.22. The third kappa shape index (κ3) is 4.51. The van der Waals surface area contributed by atoms with Crippen LogP contribution in [0.2, 0.25) is 0 Å². The average Bonchev–Trinajstić information content (AvgIpc) is 2.96. The van der Waals surface area contributed by atoms with E-state index < -0.39 is 34.1 Å². The zero-order valence-corrected chi connectivity index (χ0v) is 18.0. The summed E-state index contributed by atoms with van der Waals surface area (Å²) in [6.07, 6.45) is 0.861. The topological polar surface area (TPSA) is 88.5 Å². The Balaban J connectivity index is 1.85. The van der Waals surface area contributed by atoms with Gasteiger partial charge in [0.15, 0.2) is 11.6 Å². The van der Waals surface area contributed by atoms with Crippen LogP contribution in [-0.2, 0) is 14.8 Å². The second kappa shape index (κ2) is 8.15. The Morgan fingerprint density at radius 3 is 2.47 bits per heavy atom. The number of carbonyl (C=O) groups excluding carboxylic acids is 1. The average molecular weight is 456 g/mol. The Kier molecular flexibility index (Phi) is 5.95. The zero-order valence-electron chi connectivity index (χ0n) is 16.3. The normalized spacial score (nSPS) is 11.8. The lowest BCUT2D eigenvalue weighted by Crippen LogP contribution is -2.37. The summed E-state index contributed by atoms with van der Waals surface area (Å²) in [4.78, 5) is 24.5. The monoisotopic (exact) mass is 455 g/mol. The summed E-state index contributed by atoms with van der Waals surface area (Å²) in [7, 11) is -3.94. The van der Waals surface area contributed by atoms with Gasteiger partial charge in [-0.15, -0.1) is 0 Å². The van der Waals surface area contributed by atoms with Crippen molar-refractivity contribution in [1.82, 2.24) is 4.57 Å². The van der Waals surface area contributed by atoms with Gasteiger partial charge >= 0.3 is 4.87 Å². The summed E-state index contributed by atoms with van der Waals surface area (Å²) in [6, 6.07) is 7.48. The Morgan fingerprint density at radius 1 is 1.17 bits per heavy atom. The van der Waals surface area contributed by atoms with Crippen molar-refractivity contribution in [1.29, 1.82) is 0 Å². The molecule has 1 amide bonds. The minimum atomic E-state index is -3.94. The molecule has 0 saturated carbocycles. The molecular weight excluding hydrogens is 436 g/mol. The molecule has 2 aromatic carbocycles. The summed E-state index contributed by atoms with van der Waals surface area (Å²) in [5.41, 5.74) is 0.940. The lowest BCUT2D eigenvalue weighted by atomic mass is 10.2. The van der Waals surface area contributed by atoms with Crippen LogP contribution in [0.4, 0.5) is 20.2 Å². The molecule has 30 heavy (non-hydrogen) atoms. The highest BCUT2D eigenvalue weighted by atomic mass is 32.2. The molecule has 0 spiro atoms. The van der Waals surface area contributed by atoms with Gasteiger partial charge in [-0.2, -0.15) is 0 Å². The quantitative estimate of drug-likeness (QED) is 0.618. The Bertz CT molecular complexity index is 1280. The number of aromatic nitrogens is 1. The molecule has 1 N–H and O–H groups in total. The van der Waals surface area contributed by atoms with Crippen LogP contribution < -0.4 is 14.5 Å². The SMILES string of the molecule is CC(C)n1c(=O)sc2cc(NC(=O)CN(c3ccc(F)c(F)c3)S(C)(=O)=O)ccc21. The number of hydrogen-bond acceptors (Lipinski definition) is 5. The van der Waals surface area contributed by atoms with E-state index in [4.69, 9.17) is 0 Å². The number of anilines is 2. The van der Waals surface area contributed by atoms with Crippen molar-refractivity contribution in [2.24, 2.45) is 0 Å². The van der Waals surface area contributed by atoms with Crippen molar-refractivity contribution in [2.45, 2.75) is 19.9 Å². The maximum absolute atomic E-state index is 13.5. The number of hydrogen-bond donors (Lipinski definition) is 1. The van der Waals surface area contributed by atoms with E-state index >= 15 is 0 Å². The molecule has 0 unspecified atom stereocenters. The van der Waals surface area contributed by atoms with Crippen molar-refractivity contribution < 1.29 is 22.0 Å². The van der Waals surface area contributed by atoms with E-state index in [0.29, 0.717) is 20.8 Å². The van der Waals surface area contributed by atoms with Crippen molar-refractivity contribution >= 4 is 48.9 Å². The van der Waals surface area contributed by atoms with Crippen LogP contribution in [-0.4, -0.2) is 31.7 Å². The Morgan fingerprint density at radius 2 is 1.87 bits per heavy atom. The van der Waals surface area contributed by atoms with Crippen LogP contribution >= 0.6 is 11.3 Å². The first-order chi connectivity index (χ1) is 14.0. The highest BCUT2D eigenvalue weighted by molar-refractivity contribution is 7.92. The highest BCUT2D eigenvalue weighted by Gasteiger charge is 2.22. The number of halogens is 2. The maximum Gasteiger partial charge on any atom is 0.308 e. The summed E-state index contributed by atoms with van der Waals surface area (Å²) in [6.45, 7) is 3.15. The van der Waals surface area contributed by atoms with E-state index in [-0.39, 0.29) is 16.6 Å². The Labute approximate surface area is 175 Å². The lowest BCUT2D eigenvalue weighted by molar-refractivity contribution is -0.114. The fourth-order valence-corrected chi connectivity index (χ4v) is 4.88. The van der Waals surface area contributed by atoms with Gasteiger partial charge in [0, 0.05) is 17.8 Å². The largest absolute Gasteiger partial charge is 0.324 e. The minimum absolute atomic E-state index is 0.0221. The molecule has 0 saturated heterocycles. The van der Waals surface area contributed by atoms with Gasteiger partial charge in [-0.05, 0) is 44.2 Å². The number of amides is 1. The van der Waals surface area contributed by atoms with E-state index in [1.54, 1.807) is 22.8 Å². The van der Waals surface area contributed by atoms with E-state index in [0.717, 1.165) is 35.2 Å². The molecular formula is C19H19F2N3O4S2. The van der Waals surface area contributed by atoms with Crippen LogP contribution in [0.1, 0.15) is 19.9 Å². The smallest absolute Gasteiger partial charge is 0.308 e. The second-order valence-electron chi connectivity index (χ2n) is 6.93. The predicted molar refractivity (Wildman–Crippen MR) is 114 cm³/mol. The van der Waals surface area contributed by atoms with Gasteiger partial charge in [-0.1, -0.05) is 11.3 Å².